The standard InChI is InChI=1S/C26H15BrN2O4/c27-14-11-9-13(10-12-14)22(30)19-20-23(15-5-1-3-7-17(15)28-25(20)31)33-24-16-6-2-4-8-18(16)29-26(32)21(19)24/h1-12,19H,(H,28,31)(H,29,32). The van der Waals surface area contributed by atoms with E-state index in [-0.39, 0.29) is 16.9 Å². The second kappa shape index (κ2) is 7.28. The van der Waals surface area contributed by atoms with Crippen LogP contribution in [0.3, 0.4) is 0 Å². The van der Waals surface area contributed by atoms with Crippen LogP contribution < -0.4 is 15.9 Å². The number of pyridine rings is 2. The molecule has 33 heavy (non-hydrogen) atoms. The van der Waals surface area contributed by atoms with E-state index in [1.165, 1.54) is 0 Å². The van der Waals surface area contributed by atoms with Gasteiger partial charge in [0.25, 0.3) is 11.1 Å². The number of para-hydroxylation sites is 2. The van der Waals surface area contributed by atoms with Crippen LogP contribution in [0.2, 0.25) is 0 Å². The van der Waals surface area contributed by atoms with Crippen LogP contribution in [0.15, 0.2) is 86.9 Å². The number of ether oxygens (including phenoxy) is 1. The summed E-state index contributed by atoms with van der Waals surface area (Å²) in [5.74, 6) is -0.873. The number of H-pyrrole nitrogens is 2. The molecule has 2 N–H and O–H groups in total. The number of hydrogen-bond donors (Lipinski definition) is 2. The normalized spacial score (nSPS) is 12.9. The zero-order valence-electron chi connectivity index (χ0n) is 17.0. The summed E-state index contributed by atoms with van der Waals surface area (Å²) in [5.41, 5.74) is 0.920. The lowest BCUT2D eigenvalue weighted by Gasteiger charge is -2.28. The number of carbonyl (C=O) groups is 1. The van der Waals surface area contributed by atoms with Gasteiger partial charge in [-0.3, -0.25) is 14.4 Å². The highest BCUT2D eigenvalue weighted by atomic mass is 79.9. The number of fused-ring (bicyclic) bond motifs is 6. The van der Waals surface area contributed by atoms with Gasteiger partial charge < -0.3 is 14.7 Å². The van der Waals surface area contributed by atoms with Crippen molar-refractivity contribution in [1.82, 2.24) is 9.97 Å². The molecule has 3 aromatic carbocycles. The number of hydrogen-bond acceptors (Lipinski definition) is 4. The highest BCUT2D eigenvalue weighted by Gasteiger charge is 2.39. The van der Waals surface area contributed by atoms with E-state index in [0.29, 0.717) is 38.9 Å². The molecule has 160 valence electrons. The van der Waals surface area contributed by atoms with E-state index in [0.717, 1.165) is 4.47 Å². The van der Waals surface area contributed by atoms with E-state index in [9.17, 15) is 14.4 Å². The summed E-state index contributed by atoms with van der Waals surface area (Å²) >= 11 is 3.38. The Morgan fingerprint density at radius 1 is 0.727 bits per heavy atom. The van der Waals surface area contributed by atoms with Gasteiger partial charge in [0, 0.05) is 20.8 Å². The third-order valence-electron chi connectivity index (χ3n) is 5.99. The number of nitrogens with one attached hydrogen (secondary N) is 2. The third kappa shape index (κ3) is 2.97. The second-order valence-corrected chi connectivity index (χ2v) is 8.81. The number of benzene rings is 3. The molecule has 0 amide bonds. The number of carbonyl (C=O) groups excluding carboxylic acids is 1. The summed E-state index contributed by atoms with van der Waals surface area (Å²) in [6.45, 7) is 0. The van der Waals surface area contributed by atoms with Crippen LogP contribution >= 0.6 is 15.9 Å². The van der Waals surface area contributed by atoms with Crippen LogP contribution in [0.4, 0.5) is 0 Å². The Balaban J connectivity index is 1.73. The molecule has 6 nitrogen and oxygen atoms in total. The molecule has 0 fully saturated rings. The van der Waals surface area contributed by atoms with Crippen molar-refractivity contribution in [3.63, 3.8) is 0 Å². The first-order valence-corrected chi connectivity index (χ1v) is 11.1. The number of Topliss-reactive ketones (excluding diaryl/α,β-unsaturated/α-hetero) is 1. The molecule has 6 rings (SSSR count). The van der Waals surface area contributed by atoms with Gasteiger partial charge in [0.05, 0.1) is 28.1 Å². The maximum absolute atomic E-state index is 13.8. The first kappa shape index (κ1) is 19.7. The van der Waals surface area contributed by atoms with Crippen LogP contribution in [0.5, 0.6) is 11.5 Å². The summed E-state index contributed by atoms with van der Waals surface area (Å²) in [6, 6.07) is 21.3. The van der Waals surface area contributed by atoms with Crippen LogP contribution in [-0.4, -0.2) is 15.8 Å². The zero-order valence-corrected chi connectivity index (χ0v) is 18.6. The Morgan fingerprint density at radius 3 is 1.73 bits per heavy atom. The molecule has 0 radical (unpaired) electrons. The average molecular weight is 499 g/mol. The highest BCUT2D eigenvalue weighted by Crippen LogP contribution is 2.47. The van der Waals surface area contributed by atoms with Gasteiger partial charge >= 0.3 is 0 Å². The molecule has 5 aromatic rings. The van der Waals surface area contributed by atoms with Gasteiger partial charge in [-0.25, -0.2) is 0 Å². The van der Waals surface area contributed by atoms with E-state index < -0.39 is 17.0 Å². The van der Waals surface area contributed by atoms with E-state index >= 15 is 0 Å². The number of halogens is 1. The van der Waals surface area contributed by atoms with Crippen molar-refractivity contribution in [2.24, 2.45) is 0 Å². The van der Waals surface area contributed by atoms with E-state index in [2.05, 4.69) is 25.9 Å². The SMILES string of the molecule is O=C(c1ccc(Br)cc1)C1c2c(c3ccccc3[nH]c2=O)Oc2c1c(=O)[nH]c1ccccc21. The Morgan fingerprint density at radius 2 is 1.21 bits per heavy atom. The molecular weight excluding hydrogens is 484 g/mol. The third-order valence-corrected chi connectivity index (χ3v) is 6.52. The smallest absolute Gasteiger partial charge is 0.256 e. The van der Waals surface area contributed by atoms with E-state index in [4.69, 9.17) is 4.74 Å². The molecule has 1 aliphatic heterocycles. The maximum atomic E-state index is 13.8. The fourth-order valence-electron chi connectivity index (χ4n) is 4.49. The molecular formula is C26H15BrN2O4. The minimum atomic E-state index is -1.12. The van der Waals surface area contributed by atoms with E-state index in [1.807, 2.05) is 36.4 Å². The Bertz CT molecular complexity index is 1620. The predicted octanol–water partition coefficient (Wildman–Crippen LogP) is 5.25. The maximum Gasteiger partial charge on any atom is 0.256 e. The zero-order chi connectivity index (χ0) is 22.7. The van der Waals surface area contributed by atoms with Gasteiger partial charge in [0.1, 0.15) is 11.5 Å². The van der Waals surface area contributed by atoms with Gasteiger partial charge in [0.2, 0.25) is 0 Å². The highest BCUT2D eigenvalue weighted by molar-refractivity contribution is 9.10. The molecule has 0 saturated carbocycles. The molecule has 0 aliphatic carbocycles. The van der Waals surface area contributed by atoms with Crippen molar-refractivity contribution in [3.8, 4) is 11.5 Å². The first-order chi connectivity index (χ1) is 16.0. The Labute approximate surface area is 195 Å². The molecule has 0 unspecified atom stereocenters. The summed E-state index contributed by atoms with van der Waals surface area (Å²) in [7, 11) is 0. The van der Waals surface area contributed by atoms with Crippen molar-refractivity contribution < 1.29 is 9.53 Å². The molecule has 0 saturated heterocycles. The van der Waals surface area contributed by atoms with Crippen molar-refractivity contribution in [1.29, 1.82) is 0 Å². The summed E-state index contributed by atoms with van der Waals surface area (Å²) in [4.78, 5) is 46.0. The van der Waals surface area contributed by atoms with Gasteiger partial charge in [-0.05, 0) is 36.4 Å². The van der Waals surface area contributed by atoms with Crippen LogP contribution in [0.1, 0.15) is 27.4 Å². The van der Waals surface area contributed by atoms with Crippen LogP contribution in [-0.2, 0) is 0 Å². The lowest BCUT2D eigenvalue weighted by atomic mass is 9.82. The second-order valence-electron chi connectivity index (χ2n) is 7.89. The minimum Gasteiger partial charge on any atom is -0.455 e. The lowest BCUT2D eigenvalue weighted by Crippen LogP contribution is -2.32. The predicted molar refractivity (Wildman–Crippen MR) is 130 cm³/mol. The topological polar surface area (TPSA) is 92.0 Å². The molecule has 7 heteroatoms. The quantitative estimate of drug-likeness (QED) is 0.325. The Hall–Kier alpha value is -3.97. The average Bonchev–Trinajstić information content (AvgIpc) is 2.83. The summed E-state index contributed by atoms with van der Waals surface area (Å²) in [5, 5.41) is 1.33. The first-order valence-electron chi connectivity index (χ1n) is 10.3. The number of aromatic amines is 2. The molecule has 0 atom stereocenters. The molecule has 0 bridgehead atoms. The van der Waals surface area contributed by atoms with Gasteiger partial charge in [0.15, 0.2) is 5.78 Å². The van der Waals surface area contributed by atoms with Crippen molar-refractivity contribution >= 4 is 43.5 Å². The van der Waals surface area contributed by atoms with E-state index in [1.54, 1.807) is 36.4 Å². The molecule has 3 heterocycles. The number of aromatic nitrogens is 2. The fraction of sp³-hybridized carbons (Fsp3) is 0.0385. The molecule has 1 aliphatic rings. The van der Waals surface area contributed by atoms with Crippen LogP contribution in [0, 0.1) is 0 Å². The monoisotopic (exact) mass is 498 g/mol. The summed E-state index contributed by atoms with van der Waals surface area (Å²) in [6.07, 6.45) is 0. The Kier molecular flexibility index (Phi) is 4.35. The number of rotatable bonds is 2. The minimum absolute atomic E-state index is 0.134. The molecule has 2 aromatic heterocycles. The van der Waals surface area contributed by atoms with Gasteiger partial charge in [-0.2, -0.15) is 0 Å². The van der Waals surface area contributed by atoms with Crippen molar-refractivity contribution in [2.75, 3.05) is 0 Å². The number of ketones is 1. The lowest BCUT2D eigenvalue weighted by molar-refractivity contribution is 0.0968. The van der Waals surface area contributed by atoms with Crippen molar-refractivity contribution in [2.45, 2.75) is 5.92 Å². The van der Waals surface area contributed by atoms with Gasteiger partial charge in [-0.1, -0.05) is 52.3 Å². The largest absolute Gasteiger partial charge is 0.455 e. The summed E-state index contributed by atoms with van der Waals surface area (Å²) < 4.78 is 7.12. The fourth-order valence-corrected chi connectivity index (χ4v) is 4.75. The van der Waals surface area contributed by atoms with Crippen LogP contribution in [0.25, 0.3) is 21.8 Å². The van der Waals surface area contributed by atoms with Gasteiger partial charge in [-0.15, -0.1) is 0 Å². The molecule has 0 spiro atoms. The van der Waals surface area contributed by atoms with Crippen molar-refractivity contribution in [3.05, 3.63) is 115 Å².